The average Bonchev–Trinajstić information content (AvgIpc) is 3.08. The highest BCUT2D eigenvalue weighted by molar-refractivity contribution is 5.76. The second-order valence-corrected chi connectivity index (χ2v) is 6.33. The van der Waals surface area contributed by atoms with E-state index in [-0.39, 0.29) is 11.2 Å². The number of aromatic amines is 1. The van der Waals surface area contributed by atoms with Gasteiger partial charge in [-0.05, 0) is 36.6 Å². The molecule has 0 bridgehead atoms. The van der Waals surface area contributed by atoms with Gasteiger partial charge < -0.3 is 9.88 Å². The number of para-hydroxylation sites is 2. The number of fused-ring (bicyclic) bond motifs is 1. The van der Waals surface area contributed by atoms with Crippen molar-refractivity contribution in [3.8, 4) is 0 Å². The van der Waals surface area contributed by atoms with Gasteiger partial charge in [0.25, 0.3) is 5.56 Å². The third-order valence-corrected chi connectivity index (χ3v) is 4.74. The van der Waals surface area contributed by atoms with E-state index in [1.54, 1.807) is 12.1 Å². The third kappa shape index (κ3) is 2.62. The Morgan fingerprint density at radius 1 is 1.00 bits per heavy atom. The number of benzene rings is 2. The molecule has 0 amide bonds. The van der Waals surface area contributed by atoms with Gasteiger partial charge in [0.15, 0.2) is 0 Å². The zero-order valence-corrected chi connectivity index (χ0v) is 13.3. The Hall–Kier alpha value is -2.82. The molecule has 0 aliphatic carbocycles. The van der Waals surface area contributed by atoms with E-state index in [0.29, 0.717) is 23.4 Å². The minimum absolute atomic E-state index is 0.201. The predicted molar refractivity (Wildman–Crippen MR) is 95.6 cm³/mol. The zero-order chi connectivity index (χ0) is 16.5. The first-order valence-corrected chi connectivity index (χ1v) is 8.24. The molecule has 3 aromatic rings. The Bertz CT molecular complexity index is 975. The van der Waals surface area contributed by atoms with Crippen molar-refractivity contribution >= 4 is 16.6 Å². The van der Waals surface area contributed by atoms with E-state index in [1.807, 2.05) is 30.3 Å². The summed E-state index contributed by atoms with van der Waals surface area (Å²) in [6.45, 7) is 2.28. The maximum Gasteiger partial charge on any atom is 0.328 e. The maximum atomic E-state index is 12.6. The van der Waals surface area contributed by atoms with Crippen molar-refractivity contribution < 1.29 is 0 Å². The largest absolute Gasteiger partial charge is 0.371 e. The highest BCUT2D eigenvalue weighted by atomic mass is 16.2. The summed E-state index contributed by atoms with van der Waals surface area (Å²) in [7, 11) is 0. The van der Waals surface area contributed by atoms with E-state index < -0.39 is 0 Å². The van der Waals surface area contributed by atoms with Crippen molar-refractivity contribution in [3.05, 3.63) is 75.4 Å². The smallest absolute Gasteiger partial charge is 0.328 e. The molecule has 1 atom stereocenters. The molecule has 1 aromatic heterocycles. The maximum absolute atomic E-state index is 12.6. The Kier molecular flexibility index (Phi) is 3.69. The minimum atomic E-state index is -0.322. The summed E-state index contributed by atoms with van der Waals surface area (Å²) in [5, 5.41) is 0.565. The molecule has 4 rings (SSSR count). The summed E-state index contributed by atoms with van der Waals surface area (Å²) < 4.78 is 1.35. The molecule has 1 aliphatic heterocycles. The summed E-state index contributed by atoms with van der Waals surface area (Å²) in [6, 6.07) is 17.4. The van der Waals surface area contributed by atoms with Crippen molar-refractivity contribution in [2.75, 3.05) is 18.0 Å². The lowest BCUT2D eigenvalue weighted by atomic mass is 10.1. The molecule has 0 radical (unpaired) electrons. The molecule has 0 saturated carbocycles. The SMILES string of the molecule is O=c1[nH]c2ccccc2c(=O)n1C[C@@H]1CCN(c2ccccc2)C1. The first-order chi connectivity index (χ1) is 11.7. The van der Waals surface area contributed by atoms with Gasteiger partial charge in [-0.1, -0.05) is 30.3 Å². The van der Waals surface area contributed by atoms with Crippen LogP contribution in [-0.4, -0.2) is 22.6 Å². The van der Waals surface area contributed by atoms with Gasteiger partial charge in [0.05, 0.1) is 10.9 Å². The zero-order valence-electron chi connectivity index (χ0n) is 13.3. The Morgan fingerprint density at radius 3 is 2.58 bits per heavy atom. The van der Waals surface area contributed by atoms with Crippen LogP contribution in [0.1, 0.15) is 6.42 Å². The topological polar surface area (TPSA) is 58.1 Å². The van der Waals surface area contributed by atoms with E-state index >= 15 is 0 Å². The molecule has 1 fully saturated rings. The molecule has 0 unspecified atom stereocenters. The fourth-order valence-electron chi connectivity index (χ4n) is 3.48. The van der Waals surface area contributed by atoms with Gasteiger partial charge in [0, 0.05) is 25.3 Å². The number of hydrogen-bond acceptors (Lipinski definition) is 3. The first-order valence-electron chi connectivity index (χ1n) is 8.24. The first kappa shape index (κ1) is 14.8. The quantitative estimate of drug-likeness (QED) is 0.805. The molecule has 1 N–H and O–H groups in total. The van der Waals surface area contributed by atoms with E-state index in [9.17, 15) is 9.59 Å². The summed E-state index contributed by atoms with van der Waals surface area (Å²) in [5.74, 6) is 0.296. The Balaban J connectivity index is 1.60. The van der Waals surface area contributed by atoms with Crippen molar-refractivity contribution in [2.24, 2.45) is 5.92 Å². The summed E-state index contributed by atoms with van der Waals surface area (Å²) in [6.07, 6.45) is 0.980. The number of aromatic nitrogens is 2. The fourth-order valence-corrected chi connectivity index (χ4v) is 3.48. The van der Waals surface area contributed by atoms with Crippen LogP contribution in [0.4, 0.5) is 5.69 Å². The third-order valence-electron chi connectivity index (χ3n) is 4.74. The highest BCUT2D eigenvalue weighted by Gasteiger charge is 2.24. The summed E-state index contributed by atoms with van der Waals surface area (Å²) in [5.41, 5.74) is 1.27. The van der Waals surface area contributed by atoms with Gasteiger partial charge in [0.1, 0.15) is 0 Å². The lowest BCUT2D eigenvalue weighted by Crippen LogP contribution is -2.37. The van der Waals surface area contributed by atoms with Crippen molar-refractivity contribution in [1.82, 2.24) is 9.55 Å². The van der Waals surface area contributed by atoms with Gasteiger partial charge >= 0.3 is 5.69 Å². The molecule has 1 aliphatic rings. The van der Waals surface area contributed by atoms with E-state index in [0.717, 1.165) is 19.5 Å². The van der Waals surface area contributed by atoms with Crippen LogP contribution in [0.25, 0.3) is 10.9 Å². The Morgan fingerprint density at radius 2 is 1.75 bits per heavy atom. The van der Waals surface area contributed by atoms with Gasteiger partial charge in [0.2, 0.25) is 0 Å². The van der Waals surface area contributed by atoms with Gasteiger partial charge in [-0.3, -0.25) is 9.36 Å². The molecule has 5 heteroatoms. The molecular weight excluding hydrogens is 302 g/mol. The van der Waals surface area contributed by atoms with Gasteiger partial charge in [-0.15, -0.1) is 0 Å². The number of anilines is 1. The summed E-state index contributed by atoms with van der Waals surface area (Å²) >= 11 is 0. The Labute approximate surface area is 139 Å². The van der Waals surface area contributed by atoms with Crippen LogP contribution in [0.5, 0.6) is 0 Å². The fraction of sp³-hybridized carbons (Fsp3) is 0.263. The van der Waals surface area contributed by atoms with Crippen LogP contribution in [0.15, 0.2) is 64.2 Å². The number of nitrogens with one attached hydrogen (secondary N) is 1. The monoisotopic (exact) mass is 321 g/mol. The normalized spacial score (nSPS) is 17.5. The van der Waals surface area contributed by atoms with Crippen LogP contribution in [-0.2, 0) is 6.54 Å². The molecule has 24 heavy (non-hydrogen) atoms. The van der Waals surface area contributed by atoms with Crippen LogP contribution in [0.2, 0.25) is 0 Å². The molecule has 5 nitrogen and oxygen atoms in total. The van der Waals surface area contributed by atoms with Crippen molar-refractivity contribution in [3.63, 3.8) is 0 Å². The highest BCUT2D eigenvalue weighted by Crippen LogP contribution is 2.24. The lowest BCUT2D eigenvalue weighted by molar-refractivity contribution is 0.464. The van der Waals surface area contributed by atoms with Gasteiger partial charge in [-0.2, -0.15) is 0 Å². The number of hydrogen-bond donors (Lipinski definition) is 1. The second kappa shape index (κ2) is 6.00. The molecule has 2 aromatic carbocycles. The summed E-state index contributed by atoms with van der Waals surface area (Å²) in [4.78, 5) is 30.0. The van der Waals surface area contributed by atoms with Crippen LogP contribution in [0, 0.1) is 5.92 Å². The number of nitrogens with zero attached hydrogens (tertiary/aromatic N) is 2. The van der Waals surface area contributed by atoms with Gasteiger partial charge in [-0.25, -0.2) is 4.79 Å². The molecule has 0 spiro atoms. The molecule has 2 heterocycles. The molecular formula is C19H19N3O2. The number of rotatable bonds is 3. The number of H-pyrrole nitrogens is 1. The standard InChI is InChI=1S/C19H19N3O2/c23-18-16-8-4-5-9-17(16)20-19(24)22(18)13-14-10-11-21(12-14)15-6-2-1-3-7-15/h1-9,14H,10-13H2,(H,20,24)/t14-/m1/s1. The van der Waals surface area contributed by atoms with E-state index in [1.165, 1.54) is 10.3 Å². The lowest BCUT2D eigenvalue weighted by Gasteiger charge is -2.18. The van der Waals surface area contributed by atoms with Crippen LogP contribution < -0.4 is 16.1 Å². The van der Waals surface area contributed by atoms with Crippen molar-refractivity contribution in [2.45, 2.75) is 13.0 Å². The second-order valence-electron chi connectivity index (χ2n) is 6.33. The average molecular weight is 321 g/mol. The van der Waals surface area contributed by atoms with E-state index in [4.69, 9.17) is 0 Å². The van der Waals surface area contributed by atoms with E-state index in [2.05, 4.69) is 22.0 Å². The molecule has 1 saturated heterocycles. The van der Waals surface area contributed by atoms with Crippen LogP contribution >= 0.6 is 0 Å². The predicted octanol–water partition coefficient (Wildman–Crippen LogP) is 2.22. The van der Waals surface area contributed by atoms with Crippen molar-refractivity contribution in [1.29, 1.82) is 0 Å². The van der Waals surface area contributed by atoms with Crippen LogP contribution in [0.3, 0.4) is 0 Å². The minimum Gasteiger partial charge on any atom is -0.371 e. The molecule has 122 valence electrons.